The summed E-state index contributed by atoms with van der Waals surface area (Å²) in [7, 11) is 0. The van der Waals surface area contributed by atoms with Crippen LogP contribution in [0.3, 0.4) is 0 Å². The second-order valence-corrected chi connectivity index (χ2v) is 11.6. The standard InChI is InChI=1S/C36H52O12/c1-2-4-32(48-28-30-6-8-34-36(26-30)46-24-20-42-16-12-38-10-14-40-18-22-44-34)31(3-1)47-27-29-5-7-33-35(25-29)45-23-19-41-15-11-37-9-13-39-17-21-43-33/h5-8,25-26,31-32H,1-4,9-24,27-28H2/t31-,32-/m0/s1. The van der Waals surface area contributed by atoms with E-state index in [1.807, 2.05) is 36.4 Å². The summed E-state index contributed by atoms with van der Waals surface area (Å²) in [6.45, 7) is 8.63. The van der Waals surface area contributed by atoms with E-state index in [0.29, 0.717) is 142 Å². The molecule has 0 amide bonds. The van der Waals surface area contributed by atoms with Crippen molar-refractivity contribution in [1.82, 2.24) is 0 Å². The fraction of sp³-hybridized carbons (Fsp3) is 0.667. The minimum Gasteiger partial charge on any atom is -0.487 e. The smallest absolute Gasteiger partial charge is 0.161 e. The Balaban J connectivity index is 1.14. The third-order valence-electron chi connectivity index (χ3n) is 8.02. The Morgan fingerprint density at radius 3 is 1.06 bits per heavy atom. The van der Waals surface area contributed by atoms with Crippen molar-refractivity contribution in [3.05, 3.63) is 47.5 Å². The number of fused-ring (bicyclic) bond motifs is 2. The molecule has 2 heterocycles. The Kier molecular flexibility index (Phi) is 16.9. The van der Waals surface area contributed by atoms with Gasteiger partial charge in [-0.15, -0.1) is 0 Å². The molecule has 2 aliphatic heterocycles. The summed E-state index contributed by atoms with van der Waals surface area (Å²) in [6.07, 6.45) is 4.10. The molecule has 1 saturated carbocycles. The molecule has 0 saturated heterocycles. The molecule has 2 atom stereocenters. The molecule has 0 bridgehead atoms. The summed E-state index contributed by atoms with van der Waals surface area (Å²) in [5.74, 6) is 2.68. The minimum atomic E-state index is -0.0108. The lowest BCUT2D eigenvalue weighted by molar-refractivity contribution is -0.104. The highest BCUT2D eigenvalue weighted by Crippen LogP contribution is 2.32. The molecule has 5 rings (SSSR count). The van der Waals surface area contributed by atoms with E-state index in [4.69, 9.17) is 56.8 Å². The summed E-state index contributed by atoms with van der Waals surface area (Å²) in [6, 6.07) is 11.9. The summed E-state index contributed by atoms with van der Waals surface area (Å²) in [5.41, 5.74) is 2.01. The topological polar surface area (TPSA) is 111 Å². The van der Waals surface area contributed by atoms with Crippen LogP contribution in [0.25, 0.3) is 0 Å². The van der Waals surface area contributed by atoms with Crippen LogP contribution in [0.15, 0.2) is 36.4 Å². The van der Waals surface area contributed by atoms with Crippen molar-refractivity contribution in [2.24, 2.45) is 0 Å². The van der Waals surface area contributed by atoms with Gasteiger partial charge >= 0.3 is 0 Å². The van der Waals surface area contributed by atoms with Crippen LogP contribution in [0.5, 0.6) is 23.0 Å². The average molecular weight is 677 g/mol. The Bertz CT molecular complexity index is 1070. The summed E-state index contributed by atoms with van der Waals surface area (Å²) >= 11 is 0. The number of hydrogen-bond donors (Lipinski definition) is 0. The van der Waals surface area contributed by atoms with Gasteiger partial charge in [-0.05, 0) is 48.2 Å². The van der Waals surface area contributed by atoms with E-state index < -0.39 is 0 Å². The van der Waals surface area contributed by atoms with E-state index in [1.165, 1.54) is 0 Å². The van der Waals surface area contributed by atoms with E-state index in [2.05, 4.69) is 0 Å². The molecule has 3 aliphatic rings. The van der Waals surface area contributed by atoms with E-state index in [9.17, 15) is 0 Å². The van der Waals surface area contributed by atoms with Crippen LogP contribution in [0, 0.1) is 0 Å². The van der Waals surface area contributed by atoms with E-state index >= 15 is 0 Å². The van der Waals surface area contributed by atoms with Gasteiger partial charge in [0.15, 0.2) is 23.0 Å². The molecule has 12 heteroatoms. The molecule has 1 fully saturated rings. The Labute approximate surface area is 284 Å². The van der Waals surface area contributed by atoms with Crippen LogP contribution >= 0.6 is 0 Å². The number of benzene rings is 2. The lowest BCUT2D eigenvalue weighted by Crippen LogP contribution is -2.34. The second kappa shape index (κ2) is 22.1. The molecule has 0 spiro atoms. The molecule has 12 nitrogen and oxygen atoms in total. The van der Waals surface area contributed by atoms with Crippen LogP contribution < -0.4 is 18.9 Å². The van der Waals surface area contributed by atoms with Gasteiger partial charge in [0.1, 0.15) is 26.4 Å². The SMILES string of the molecule is c1cc2c(cc1CO[C@H]1CCCC[C@@H]1OCc1ccc3c(c1)OCCOCCOCCOCCO3)OCCOCCOCCOCCO2. The van der Waals surface area contributed by atoms with Crippen LogP contribution in [0.4, 0.5) is 0 Å². The first-order valence-corrected chi connectivity index (χ1v) is 17.3. The molecule has 0 N–H and O–H groups in total. The third kappa shape index (κ3) is 13.3. The number of ether oxygens (including phenoxy) is 12. The van der Waals surface area contributed by atoms with Gasteiger partial charge in [0.05, 0.1) is 105 Å². The number of rotatable bonds is 6. The molecule has 2 aromatic carbocycles. The fourth-order valence-corrected chi connectivity index (χ4v) is 5.53. The Morgan fingerprint density at radius 2 is 0.708 bits per heavy atom. The molecule has 1 aliphatic carbocycles. The van der Waals surface area contributed by atoms with Crippen molar-refractivity contribution in [2.75, 3.05) is 106 Å². The van der Waals surface area contributed by atoms with Crippen LogP contribution in [-0.2, 0) is 51.1 Å². The first kappa shape index (κ1) is 36.6. The molecule has 268 valence electrons. The maximum absolute atomic E-state index is 6.48. The highest BCUT2D eigenvalue weighted by molar-refractivity contribution is 5.43. The fourth-order valence-electron chi connectivity index (χ4n) is 5.53. The van der Waals surface area contributed by atoms with Crippen molar-refractivity contribution >= 4 is 0 Å². The first-order chi connectivity index (χ1) is 23.8. The molecule has 0 radical (unpaired) electrons. The van der Waals surface area contributed by atoms with Crippen LogP contribution in [0.1, 0.15) is 36.8 Å². The maximum atomic E-state index is 6.48. The highest BCUT2D eigenvalue weighted by Gasteiger charge is 2.27. The zero-order valence-corrected chi connectivity index (χ0v) is 28.1. The molecular formula is C36H52O12. The average Bonchev–Trinajstić information content (AvgIpc) is 3.13. The number of hydrogen-bond acceptors (Lipinski definition) is 12. The molecular weight excluding hydrogens is 624 g/mol. The predicted octanol–water partition coefficient (Wildman–Crippen LogP) is 4.37. The zero-order chi connectivity index (χ0) is 32.9. The van der Waals surface area contributed by atoms with Crippen LogP contribution in [0.2, 0.25) is 0 Å². The Hall–Kier alpha value is -2.68. The van der Waals surface area contributed by atoms with Gasteiger partial charge in [-0.2, -0.15) is 0 Å². The first-order valence-electron chi connectivity index (χ1n) is 17.3. The monoisotopic (exact) mass is 676 g/mol. The third-order valence-corrected chi connectivity index (χ3v) is 8.02. The van der Waals surface area contributed by atoms with Crippen molar-refractivity contribution in [2.45, 2.75) is 51.1 Å². The summed E-state index contributed by atoms with van der Waals surface area (Å²) in [5, 5.41) is 0. The summed E-state index contributed by atoms with van der Waals surface area (Å²) < 4.78 is 70.4. The van der Waals surface area contributed by atoms with E-state index in [0.717, 1.165) is 36.8 Å². The molecule has 48 heavy (non-hydrogen) atoms. The zero-order valence-electron chi connectivity index (χ0n) is 28.1. The van der Waals surface area contributed by atoms with Gasteiger partial charge in [0, 0.05) is 0 Å². The van der Waals surface area contributed by atoms with Gasteiger partial charge in [0.25, 0.3) is 0 Å². The predicted molar refractivity (Wildman–Crippen MR) is 175 cm³/mol. The minimum absolute atomic E-state index is 0.0108. The van der Waals surface area contributed by atoms with Crippen molar-refractivity contribution < 1.29 is 56.8 Å². The molecule has 0 unspecified atom stereocenters. The van der Waals surface area contributed by atoms with Gasteiger partial charge in [-0.25, -0.2) is 0 Å². The van der Waals surface area contributed by atoms with Crippen molar-refractivity contribution in [1.29, 1.82) is 0 Å². The Morgan fingerprint density at radius 1 is 0.396 bits per heavy atom. The second-order valence-electron chi connectivity index (χ2n) is 11.6. The van der Waals surface area contributed by atoms with Gasteiger partial charge in [-0.1, -0.05) is 25.0 Å². The molecule has 0 aromatic heterocycles. The highest BCUT2D eigenvalue weighted by atomic mass is 16.6. The van der Waals surface area contributed by atoms with Crippen LogP contribution in [-0.4, -0.2) is 118 Å². The van der Waals surface area contributed by atoms with Crippen molar-refractivity contribution in [3.8, 4) is 23.0 Å². The van der Waals surface area contributed by atoms with E-state index in [1.54, 1.807) is 0 Å². The normalized spacial score (nSPS) is 23.1. The molecule has 2 aromatic rings. The van der Waals surface area contributed by atoms with Gasteiger partial charge in [-0.3, -0.25) is 0 Å². The lowest BCUT2D eigenvalue weighted by Gasteiger charge is -2.31. The quantitative estimate of drug-likeness (QED) is 0.433. The summed E-state index contributed by atoms with van der Waals surface area (Å²) in [4.78, 5) is 0. The lowest BCUT2D eigenvalue weighted by atomic mass is 9.94. The van der Waals surface area contributed by atoms with Crippen molar-refractivity contribution in [3.63, 3.8) is 0 Å². The largest absolute Gasteiger partial charge is 0.487 e. The maximum Gasteiger partial charge on any atom is 0.161 e. The van der Waals surface area contributed by atoms with Gasteiger partial charge < -0.3 is 56.8 Å². The van der Waals surface area contributed by atoms with E-state index in [-0.39, 0.29) is 12.2 Å². The van der Waals surface area contributed by atoms with Gasteiger partial charge in [0.2, 0.25) is 0 Å².